The van der Waals surface area contributed by atoms with Gasteiger partial charge in [0.25, 0.3) is 0 Å². The highest BCUT2D eigenvalue weighted by Gasteiger charge is 2.32. The Morgan fingerprint density at radius 2 is 1.65 bits per heavy atom. The van der Waals surface area contributed by atoms with Gasteiger partial charge in [0.05, 0.1) is 6.61 Å². The van der Waals surface area contributed by atoms with Gasteiger partial charge in [-0.15, -0.1) is 0 Å². The maximum atomic E-state index is 11.1. The lowest BCUT2D eigenvalue weighted by molar-refractivity contribution is 0.172. The van der Waals surface area contributed by atoms with Crippen LogP contribution in [0.15, 0.2) is 24.3 Å². The number of benzene rings is 1. The molecule has 1 aromatic rings. The highest BCUT2D eigenvalue weighted by atomic mass is 31.3. The standard InChI is InChI=1S/C8H12O7P2/c1-7-2-4-8(5-3-7)6-14-17(12,13)15-16(9,10)11/h2-5H,6H2,1H3,(H,12,13)(H2,9,10,11). The molecule has 0 aliphatic carbocycles. The van der Waals surface area contributed by atoms with Crippen LogP contribution in [0.1, 0.15) is 11.1 Å². The van der Waals surface area contributed by atoms with Gasteiger partial charge in [-0.25, -0.2) is 9.13 Å². The van der Waals surface area contributed by atoms with Crippen molar-refractivity contribution in [1.29, 1.82) is 0 Å². The number of phosphoric ester groups is 1. The van der Waals surface area contributed by atoms with Crippen LogP contribution in [-0.4, -0.2) is 14.7 Å². The van der Waals surface area contributed by atoms with Crippen molar-refractivity contribution in [3.8, 4) is 0 Å². The fourth-order valence-electron chi connectivity index (χ4n) is 0.998. The molecule has 1 unspecified atom stereocenters. The summed E-state index contributed by atoms with van der Waals surface area (Å²) in [6.45, 7) is 1.59. The van der Waals surface area contributed by atoms with Crippen LogP contribution < -0.4 is 0 Å². The lowest BCUT2D eigenvalue weighted by Crippen LogP contribution is -1.95. The Morgan fingerprint density at radius 3 is 2.12 bits per heavy atom. The Hall–Kier alpha value is -0.520. The molecular weight excluding hydrogens is 270 g/mol. The highest BCUT2D eigenvalue weighted by Crippen LogP contribution is 2.57. The van der Waals surface area contributed by atoms with Crippen LogP contribution in [-0.2, 0) is 24.6 Å². The predicted molar refractivity (Wildman–Crippen MR) is 58.9 cm³/mol. The van der Waals surface area contributed by atoms with Crippen LogP contribution in [0.4, 0.5) is 0 Å². The van der Waals surface area contributed by atoms with E-state index in [1.807, 2.05) is 6.92 Å². The lowest BCUT2D eigenvalue weighted by Gasteiger charge is -2.12. The van der Waals surface area contributed by atoms with Crippen LogP contribution in [0.25, 0.3) is 0 Å². The summed E-state index contributed by atoms with van der Waals surface area (Å²) in [5.41, 5.74) is 1.59. The third kappa shape index (κ3) is 6.10. The topological polar surface area (TPSA) is 113 Å². The van der Waals surface area contributed by atoms with Crippen molar-refractivity contribution in [2.75, 3.05) is 0 Å². The van der Waals surface area contributed by atoms with Gasteiger partial charge in [0.1, 0.15) is 0 Å². The second-order valence-electron chi connectivity index (χ2n) is 3.30. The number of rotatable bonds is 5. The summed E-state index contributed by atoms with van der Waals surface area (Å²) < 4.78 is 29.5. The zero-order valence-electron chi connectivity index (χ0n) is 8.89. The van der Waals surface area contributed by atoms with E-state index in [0.29, 0.717) is 5.56 Å². The molecule has 7 nitrogen and oxygen atoms in total. The third-order valence-electron chi connectivity index (χ3n) is 1.72. The second-order valence-corrected chi connectivity index (χ2v) is 6.13. The largest absolute Gasteiger partial charge is 0.481 e. The highest BCUT2D eigenvalue weighted by molar-refractivity contribution is 7.60. The zero-order valence-corrected chi connectivity index (χ0v) is 10.7. The van der Waals surface area contributed by atoms with Crippen LogP contribution in [0, 0.1) is 6.92 Å². The summed E-state index contributed by atoms with van der Waals surface area (Å²) in [5, 5.41) is 0. The van der Waals surface area contributed by atoms with E-state index in [1.54, 1.807) is 24.3 Å². The normalized spacial score (nSPS) is 15.5. The molecule has 3 N–H and O–H groups in total. The number of phosphoric acid groups is 2. The summed E-state index contributed by atoms with van der Waals surface area (Å²) in [6, 6.07) is 6.86. The molecule has 0 bridgehead atoms. The molecule has 1 aromatic carbocycles. The minimum absolute atomic E-state index is 0.284. The van der Waals surface area contributed by atoms with Gasteiger partial charge < -0.3 is 14.7 Å². The van der Waals surface area contributed by atoms with Gasteiger partial charge in [-0.1, -0.05) is 29.8 Å². The van der Waals surface area contributed by atoms with Crippen molar-refractivity contribution in [2.24, 2.45) is 0 Å². The second kappa shape index (κ2) is 5.42. The molecule has 96 valence electrons. The van der Waals surface area contributed by atoms with Crippen LogP contribution in [0.2, 0.25) is 0 Å². The van der Waals surface area contributed by atoms with E-state index in [1.165, 1.54) is 0 Å². The predicted octanol–water partition coefficient (Wildman–Crippen LogP) is 1.72. The zero-order chi connectivity index (χ0) is 13.1. The molecule has 1 atom stereocenters. The van der Waals surface area contributed by atoms with Crippen molar-refractivity contribution in [3.05, 3.63) is 35.4 Å². The summed E-state index contributed by atoms with van der Waals surface area (Å²) in [6.07, 6.45) is 0. The fraction of sp³-hybridized carbons (Fsp3) is 0.250. The molecule has 0 heterocycles. The molecule has 0 aromatic heterocycles. The molecule has 0 aliphatic heterocycles. The minimum atomic E-state index is -5.05. The molecule has 0 saturated heterocycles. The molecule has 0 amide bonds. The molecule has 0 radical (unpaired) electrons. The monoisotopic (exact) mass is 282 g/mol. The minimum Gasteiger partial charge on any atom is -0.302 e. The molecular formula is C8H12O7P2. The van der Waals surface area contributed by atoms with Crippen molar-refractivity contribution in [1.82, 2.24) is 0 Å². The SMILES string of the molecule is Cc1ccc(COP(=O)(O)OP(=O)(O)O)cc1. The van der Waals surface area contributed by atoms with E-state index in [2.05, 4.69) is 8.83 Å². The maximum absolute atomic E-state index is 11.1. The number of hydrogen-bond acceptors (Lipinski definition) is 4. The van der Waals surface area contributed by atoms with E-state index < -0.39 is 15.6 Å². The Kier molecular flexibility index (Phi) is 4.63. The molecule has 1 rings (SSSR count). The third-order valence-corrected chi connectivity index (χ3v) is 3.86. The quantitative estimate of drug-likeness (QED) is 0.704. The first-order chi connectivity index (χ1) is 7.68. The van der Waals surface area contributed by atoms with Gasteiger partial charge in [-0.05, 0) is 12.5 Å². The van der Waals surface area contributed by atoms with Gasteiger partial charge in [0.2, 0.25) is 0 Å². The molecule has 0 fully saturated rings. The summed E-state index contributed by atoms with van der Waals surface area (Å²) >= 11 is 0. The van der Waals surface area contributed by atoms with Crippen molar-refractivity contribution in [3.63, 3.8) is 0 Å². The average Bonchev–Trinajstić information content (AvgIpc) is 2.13. The first-order valence-electron chi connectivity index (χ1n) is 4.48. The average molecular weight is 282 g/mol. The van der Waals surface area contributed by atoms with Crippen molar-refractivity contribution < 1.29 is 32.6 Å². The number of hydrogen-bond donors (Lipinski definition) is 3. The number of aryl methyl sites for hydroxylation is 1. The van der Waals surface area contributed by atoms with Gasteiger partial charge in [-0.2, -0.15) is 4.31 Å². The van der Waals surface area contributed by atoms with E-state index in [-0.39, 0.29) is 6.61 Å². The Bertz CT molecular complexity index is 463. The lowest BCUT2D eigenvalue weighted by atomic mass is 10.2. The Labute approximate surface area is 97.9 Å². The van der Waals surface area contributed by atoms with Gasteiger partial charge in [-0.3, -0.25) is 4.52 Å². The van der Waals surface area contributed by atoms with Gasteiger partial charge in [0.15, 0.2) is 0 Å². The summed E-state index contributed by atoms with van der Waals surface area (Å²) in [4.78, 5) is 25.7. The molecule has 0 spiro atoms. The molecule has 17 heavy (non-hydrogen) atoms. The van der Waals surface area contributed by atoms with E-state index in [4.69, 9.17) is 14.7 Å². The van der Waals surface area contributed by atoms with E-state index in [0.717, 1.165) is 5.56 Å². The van der Waals surface area contributed by atoms with Crippen LogP contribution >= 0.6 is 15.6 Å². The smallest absolute Gasteiger partial charge is 0.302 e. The van der Waals surface area contributed by atoms with Gasteiger partial charge in [0, 0.05) is 0 Å². The molecule has 0 saturated carbocycles. The Balaban J connectivity index is 2.58. The maximum Gasteiger partial charge on any atom is 0.481 e. The van der Waals surface area contributed by atoms with E-state index in [9.17, 15) is 9.13 Å². The molecule has 0 aliphatic rings. The van der Waals surface area contributed by atoms with Crippen LogP contribution in [0.3, 0.4) is 0 Å². The summed E-state index contributed by atoms with van der Waals surface area (Å²) in [7, 11) is -9.81. The van der Waals surface area contributed by atoms with Crippen molar-refractivity contribution in [2.45, 2.75) is 13.5 Å². The van der Waals surface area contributed by atoms with Crippen LogP contribution in [0.5, 0.6) is 0 Å². The van der Waals surface area contributed by atoms with E-state index >= 15 is 0 Å². The van der Waals surface area contributed by atoms with Gasteiger partial charge >= 0.3 is 15.6 Å². The first kappa shape index (κ1) is 14.5. The Morgan fingerprint density at radius 1 is 1.12 bits per heavy atom. The fourth-order valence-corrected chi connectivity index (χ4v) is 2.57. The molecule has 9 heteroatoms. The summed E-state index contributed by atoms with van der Waals surface area (Å²) in [5.74, 6) is 0. The van der Waals surface area contributed by atoms with Crippen molar-refractivity contribution >= 4 is 15.6 Å². The first-order valence-corrected chi connectivity index (χ1v) is 7.50.